The first kappa shape index (κ1) is 17.5. The van der Waals surface area contributed by atoms with Crippen LogP contribution in [0, 0.1) is 0 Å². The monoisotopic (exact) mass is 365 g/mol. The first-order valence-corrected chi connectivity index (χ1v) is 9.43. The molecule has 1 amide bonds. The molecular formula is C21H25N4O2+. The summed E-state index contributed by atoms with van der Waals surface area (Å²) in [6.07, 6.45) is 2.22. The average Bonchev–Trinajstić information content (AvgIpc) is 3.13. The van der Waals surface area contributed by atoms with Crippen molar-refractivity contribution in [1.29, 1.82) is 0 Å². The summed E-state index contributed by atoms with van der Waals surface area (Å²) in [5.74, 6) is 2.24. The van der Waals surface area contributed by atoms with Crippen molar-refractivity contribution in [2.45, 2.75) is 18.8 Å². The molecule has 27 heavy (non-hydrogen) atoms. The third-order valence-electron chi connectivity index (χ3n) is 5.20. The molecule has 4 rings (SSSR count). The van der Waals surface area contributed by atoms with Crippen LogP contribution in [-0.4, -0.2) is 42.6 Å². The zero-order chi connectivity index (χ0) is 18.6. The van der Waals surface area contributed by atoms with Crippen LogP contribution in [0.2, 0.25) is 0 Å². The summed E-state index contributed by atoms with van der Waals surface area (Å²) in [5, 5.41) is 2.98. The molecule has 6 nitrogen and oxygen atoms in total. The number of para-hydroxylation sites is 2. The van der Waals surface area contributed by atoms with Gasteiger partial charge in [-0.15, -0.1) is 0 Å². The third-order valence-corrected chi connectivity index (χ3v) is 5.20. The molecule has 2 heterocycles. The minimum Gasteiger partial charge on any atom is -0.497 e. The van der Waals surface area contributed by atoms with Gasteiger partial charge in [-0.1, -0.05) is 12.1 Å². The molecule has 0 radical (unpaired) electrons. The number of H-pyrrole nitrogens is 1. The number of benzene rings is 2. The van der Waals surface area contributed by atoms with Crippen molar-refractivity contribution in [2.75, 3.05) is 32.1 Å². The van der Waals surface area contributed by atoms with Crippen molar-refractivity contribution >= 4 is 22.6 Å². The number of quaternary nitrogens is 1. The van der Waals surface area contributed by atoms with Crippen LogP contribution >= 0.6 is 0 Å². The minimum absolute atomic E-state index is 0.0421. The molecule has 1 aliphatic rings. The van der Waals surface area contributed by atoms with E-state index in [1.54, 1.807) is 7.11 Å². The number of aromatic nitrogens is 2. The lowest BCUT2D eigenvalue weighted by Gasteiger charge is -2.28. The number of aromatic amines is 1. The van der Waals surface area contributed by atoms with Crippen LogP contribution in [0.15, 0.2) is 48.5 Å². The van der Waals surface area contributed by atoms with E-state index < -0.39 is 0 Å². The normalized spacial score (nSPS) is 19.7. The number of fused-ring (bicyclic) bond motifs is 1. The van der Waals surface area contributed by atoms with E-state index in [4.69, 9.17) is 9.72 Å². The van der Waals surface area contributed by atoms with E-state index in [0.29, 0.717) is 12.5 Å². The second-order valence-electron chi connectivity index (χ2n) is 7.14. The van der Waals surface area contributed by atoms with Crippen molar-refractivity contribution in [3.63, 3.8) is 0 Å². The summed E-state index contributed by atoms with van der Waals surface area (Å²) in [5.41, 5.74) is 2.89. The van der Waals surface area contributed by atoms with E-state index in [9.17, 15) is 4.79 Å². The molecule has 0 saturated carbocycles. The Morgan fingerprint density at radius 1 is 1.26 bits per heavy atom. The zero-order valence-corrected chi connectivity index (χ0v) is 15.5. The summed E-state index contributed by atoms with van der Waals surface area (Å²) >= 11 is 0. The number of anilines is 1. The molecule has 140 valence electrons. The van der Waals surface area contributed by atoms with Gasteiger partial charge < -0.3 is 19.9 Å². The van der Waals surface area contributed by atoms with Gasteiger partial charge in [-0.2, -0.15) is 0 Å². The van der Waals surface area contributed by atoms with E-state index in [0.717, 1.165) is 54.2 Å². The van der Waals surface area contributed by atoms with Crippen LogP contribution in [0.4, 0.5) is 5.69 Å². The van der Waals surface area contributed by atoms with E-state index in [-0.39, 0.29) is 5.91 Å². The van der Waals surface area contributed by atoms with Crippen LogP contribution in [-0.2, 0) is 4.79 Å². The Kier molecular flexibility index (Phi) is 5.07. The maximum Gasteiger partial charge on any atom is 0.279 e. The molecule has 0 spiro atoms. The molecule has 1 unspecified atom stereocenters. The highest BCUT2D eigenvalue weighted by atomic mass is 16.5. The van der Waals surface area contributed by atoms with Gasteiger partial charge in [0, 0.05) is 5.69 Å². The number of amides is 1. The SMILES string of the molecule is COc1ccc(NC(=O)C[NH+]2CCC[C@H](c3nc4ccccc4[nH]3)C2)cc1. The second-order valence-corrected chi connectivity index (χ2v) is 7.14. The van der Waals surface area contributed by atoms with Crippen LogP contribution < -0.4 is 15.0 Å². The van der Waals surface area contributed by atoms with E-state index in [2.05, 4.69) is 16.4 Å². The molecule has 2 atom stereocenters. The number of carbonyl (C=O) groups excluding carboxylic acids is 1. The molecule has 3 N–H and O–H groups in total. The quantitative estimate of drug-likeness (QED) is 0.647. The topological polar surface area (TPSA) is 71.4 Å². The Bertz CT molecular complexity index is 886. The minimum atomic E-state index is 0.0421. The largest absolute Gasteiger partial charge is 0.497 e. The maximum atomic E-state index is 12.4. The summed E-state index contributed by atoms with van der Waals surface area (Å²) in [7, 11) is 1.63. The molecule has 1 aromatic heterocycles. The van der Waals surface area contributed by atoms with Crippen LogP contribution in [0.3, 0.4) is 0 Å². The predicted octanol–water partition coefficient (Wildman–Crippen LogP) is 1.97. The zero-order valence-electron chi connectivity index (χ0n) is 15.5. The maximum absolute atomic E-state index is 12.4. The van der Waals surface area contributed by atoms with E-state index >= 15 is 0 Å². The van der Waals surface area contributed by atoms with Gasteiger partial charge in [-0.25, -0.2) is 4.98 Å². The Hall–Kier alpha value is -2.86. The summed E-state index contributed by atoms with van der Waals surface area (Å²) in [6, 6.07) is 15.5. The Labute approximate surface area is 158 Å². The Morgan fingerprint density at radius 3 is 2.85 bits per heavy atom. The highest BCUT2D eigenvalue weighted by Gasteiger charge is 2.28. The Morgan fingerprint density at radius 2 is 2.07 bits per heavy atom. The number of likely N-dealkylation sites (tertiary alicyclic amines) is 1. The number of hydrogen-bond acceptors (Lipinski definition) is 3. The standard InChI is InChI=1S/C21H24N4O2/c1-27-17-10-8-16(9-11-17)22-20(26)14-25-12-4-5-15(13-25)21-23-18-6-2-3-7-19(18)24-21/h2-3,6-11,15H,4-5,12-14H2,1H3,(H,22,26)(H,23,24)/p+1/t15-/m0/s1. The van der Waals surface area contributed by atoms with Crippen molar-refractivity contribution in [1.82, 2.24) is 9.97 Å². The van der Waals surface area contributed by atoms with Gasteiger partial charge in [0.15, 0.2) is 6.54 Å². The van der Waals surface area contributed by atoms with Crippen molar-refractivity contribution in [3.05, 3.63) is 54.4 Å². The number of ether oxygens (including phenoxy) is 1. The van der Waals surface area contributed by atoms with Crippen molar-refractivity contribution < 1.29 is 14.4 Å². The summed E-state index contributed by atoms with van der Waals surface area (Å²) in [4.78, 5) is 21.9. The first-order valence-electron chi connectivity index (χ1n) is 9.43. The lowest BCUT2D eigenvalue weighted by molar-refractivity contribution is -0.898. The number of methoxy groups -OCH3 is 1. The number of nitrogens with one attached hydrogen (secondary N) is 3. The fourth-order valence-electron chi connectivity index (χ4n) is 3.82. The molecule has 3 aromatic rings. The van der Waals surface area contributed by atoms with Gasteiger partial charge in [0.2, 0.25) is 0 Å². The van der Waals surface area contributed by atoms with Crippen LogP contribution in [0.5, 0.6) is 5.75 Å². The van der Waals surface area contributed by atoms with E-state index in [1.165, 1.54) is 4.90 Å². The average molecular weight is 365 g/mol. The number of imidazole rings is 1. The highest BCUT2D eigenvalue weighted by Crippen LogP contribution is 2.22. The number of piperidine rings is 1. The molecule has 1 fully saturated rings. The van der Waals surface area contributed by atoms with Crippen LogP contribution in [0.25, 0.3) is 11.0 Å². The molecule has 0 aliphatic carbocycles. The van der Waals surface area contributed by atoms with Gasteiger partial charge in [-0.05, 0) is 49.2 Å². The number of hydrogen-bond donors (Lipinski definition) is 3. The van der Waals surface area contributed by atoms with Crippen LogP contribution in [0.1, 0.15) is 24.6 Å². The lowest BCUT2D eigenvalue weighted by Crippen LogP contribution is -3.14. The predicted molar refractivity (Wildman–Crippen MR) is 105 cm³/mol. The Balaban J connectivity index is 1.36. The van der Waals surface area contributed by atoms with E-state index in [1.807, 2.05) is 42.5 Å². The van der Waals surface area contributed by atoms with Crippen molar-refractivity contribution in [2.24, 2.45) is 0 Å². The molecule has 2 aromatic carbocycles. The molecule has 0 bridgehead atoms. The van der Waals surface area contributed by atoms with Crippen molar-refractivity contribution in [3.8, 4) is 5.75 Å². The van der Waals surface area contributed by atoms with Gasteiger partial charge >= 0.3 is 0 Å². The number of rotatable bonds is 5. The third kappa shape index (κ3) is 4.11. The second kappa shape index (κ2) is 7.80. The number of nitrogens with zero attached hydrogens (tertiary/aromatic N) is 1. The smallest absolute Gasteiger partial charge is 0.279 e. The van der Waals surface area contributed by atoms with Gasteiger partial charge in [0.25, 0.3) is 5.91 Å². The summed E-state index contributed by atoms with van der Waals surface area (Å²) < 4.78 is 5.15. The van der Waals surface area contributed by atoms with Gasteiger partial charge in [-0.3, -0.25) is 4.79 Å². The first-order chi connectivity index (χ1) is 13.2. The van der Waals surface area contributed by atoms with Gasteiger partial charge in [0.05, 0.1) is 37.2 Å². The molecular weight excluding hydrogens is 340 g/mol. The highest BCUT2D eigenvalue weighted by molar-refractivity contribution is 5.91. The molecule has 1 saturated heterocycles. The number of carbonyl (C=O) groups is 1. The van der Waals surface area contributed by atoms with Gasteiger partial charge in [0.1, 0.15) is 11.6 Å². The summed E-state index contributed by atoms with van der Waals surface area (Å²) in [6.45, 7) is 2.42. The lowest BCUT2D eigenvalue weighted by atomic mass is 9.97. The molecule has 1 aliphatic heterocycles. The molecule has 6 heteroatoms. The fraction of sp³-hybridized carbons (Fsp3) is 0.333. The fourth-order valence-corrected chi connectivity index (χ4v) is 3.82.